The zero-order chi connectivity index (χ0) is 21.1. The van der Waals surface area contributed by atoms with Crippen molar-refractivity contribution in [2.45, 2.75) is 19.0 Å². The third-order valence-electron chi connectivity index (χ3n) is 5.16. The summed E-state index contributed by atoms with van der Waals surface area (Å²) in [6.07, 6.45) is 2.20. The molecule has 0 radical (unpaired) electrons. The normalized spacial score (nSPS) is 16.0. The number of urea groups is 1. The Labute approximate surface area is 173 Å². The molecular weight excluding hydrogens is 384 g/mol. The molecule has 2 aromatic carbocycles. The molecule has 1 saturated heterocycles. The van der Waals surface area contributed by atoms with Crippen LogP contribution in [-0.2, 0) is 22.6 Å². The first-order chi connectivity index (χ1) is 14.5. The average Bonchev–Trinajstić information content (AvgIpc) is 3.29. The maximum absolute atomic E-state index is 12.7. The number of H-pyrrole nitrogens is 1. The van der Waals surface area contributed by atoms with Crippen LogP contribution in [0.5, 0.6) is 5.75 Å². The van der Waals surface area contributed by atoms with Gasteiger partial charge in [-0.3, -0.25) is 14.5 Å². The summed E-state index contributed by atoms with van der Waals surface area (Å²) in [7, 11) is 1.58. The molecule has 8 nitrogen and oxygen atoms in total. The van der Waals surface area contributed by atoms with Crippen molar-refractivity contribution in [3.63, 3.8) is 0 Å². The van der Waals surface area contributed by atoms with Gasteiger partial charge in [-0.25, -0.2) is 4.79 Å². The molecule has 0 saturated carbocycles. The second kappa shape index (κ2) is 8.28. The number of benzene rings is 2. The number of imide groups is 1. The van der Waals surface area contributed by atoms with Gasteiger partial charge < -0.3 is 20.4 Å². The predicted molar refractivity (Wildman–Crippen MR) is 111 cm³/mol. The van der Waals surface area contributed by atoms with Crippen LogP contribution in [0.2, 0.25) is 0 Å². The average molecular weight is 406 g/mol. The van der Waals surface area contributed by atoms with Crippen LogP contribution in [0.1, 0.15) is 11.1 Å². The third-order valence-corrected chi connectivity index (χ3v) is 5.16. The second-order valence-corrected chi connectivity index (χ2v) is 7.11. The first-order valence-corrected chi connectivity index (χ1v) is 9.61. The predicted octanol–water partition coefficient (Wildman–Crippen LogP) is 1.96. The maximum Gasteiger partial charge on any atom is 0.325 e. The number of aromatic nitrogens is 1. The number of ether oxygens (including phenoxy) is 1. The van der Waals surface area contributed by atoms with E-state index in [0.29, 0.717) is 13.0 Å². The lowest BCUT2D eigenvalue weighted by molar-refractivity contribution is -0.132. The number of hydrogen-bond acceptors (Lipinski definition) is 4. The molecular formula is C22H22N4O4. The Hall–Kier alpha value is -3.81. The van der Waals surface area contributed by atoms with E-state index in [1.165, 1.54) is 0 Å². The number of nitrogens with zero attached hydrogens (tertiary/aromatic N) is 1. The number of nitrogens with one attached hydrogen (secondary N) is 3. The highest BCUT2D eigenvalue weighted by Crippen LogP contribution is 2.21. The highest BCUT2D eigenvalue weighted by Gasteiger charge is 2.39. The summed E-state index contributed by atoms with van der Waals surface area (Å²) < 4.78 is 5.10. The number of carbonyl (C=O) groups is 3. The van der Waals surface area contributed by atoms with Crippen molar-refractivity contribution in [3.05, 3.63) is 65.9 Å². The Morgan fingerprint density at radius 3 is 2.67 bits per heavy atom. The molecule has 1 aliphatic rings. The topological polar surface area (TPSA) is 104 Å². The number of rotatable bonds is 7. The van der Waals surface area contributed by atoms with Crippen LogP contribution in [0.15, 0.2) is 54.7 Å². The molecule has 1 atom stereocenters. The molecule has 1 aliphatic heterocycles. The lowest BCUT2D eigenvalue weighted by Gasteiger charge is -2.13. The van der Waals surface area contributed by atoms with Crippen LogP contribution in [0.25, 0.3) is 10.9 Å². The number of amides is 4. The number of hydrogen-bond donors (Lipinski definition) is 3. The van der Waals surface area contributed by atoms with E-state index in [1.54, 1.807) is 19.2 Å². The van der Waals surface area contributed by atoms with E-state index in [0.717, 1.165) is 32.7 Å². The van der Waals surface area contributed by atoms with Gasteiger partial charge in [0.2, 0.25) is 5.91 Å². The third kappa shape index (κ3) is 3.98. The minimum absolute atomic E-state index is 0.297. The molecule has 4 rings (SSSR count). The minimum atomic E-state index is -0.689. The van der Waals surface area contributed by atoms with Crippen LogP contribution >= 0.6 is 0 Å². The fourth-order valence-electron chi connectivity index (χ4n) is 3.53. The fraction of sp³-hybridized carbons (Fsp3) is 0.227. The summed E-state index contributed by atoms with van der Waals surface area (Å²) in [4.78, 5) is 41.3. The Bertz CT molecular complexity index is 1090. The van der Waals surface area contributed by atoms with E-state index < -0.39 is 23.9 Å². The molecule has 8 heteroatoms. The van der Waals surface area contributed by atoms with Crippen molar-refractivity contribution in [3.8, 4) is 5.75 Å². The Kier molecular flexibility index (Phi) is 5.38. The zero-order valence-corrected chi connectivity index (χ0v) is 16.5. The van der Waals surface area contributed by atoms with Gasteiger partial charge in [-0.05, 0) is 29.3 Å². The van der Waals surface area contributed by atoms with E-state index in [2.05, 4.69) is 15.6 Å². The molecule has 1 aromatic heterocycles. The van der Waals surface area contributed by atoms with Crippen molar-refractivity contribution < 1.29 is 19.1 Å². The number of aromatic amines is 1. The summed E-state index contributed by atoms with van der Waals surface area (Å²) in [5, 5.41) is 6.42. The van der Waals surface area contributed by atoms with Gasteiger partial charge in [-0.1, -0.05) is 30.3 Å². The highest BCUT2D eigenvalue weighted by molar-refractivity contribution is 6.06. The van der Waals surface area contributed by atoms with Crippen LogP contribution in [0.3, 0.4) is 0 Å². The Morgan fingerprint density at radius 1 is 1.13 bits per heavy atom. The van der Waals surface area contributed by atoms with E-state index in [-0.39, 0.29) is 6.54 Å². The molecule has 0 unspecified atom stereocenters. The molecule has 0 bridgehead atoms. The number of fused-ring (bicyclic) bond motifs is 1. The molecule has 0 aliphatic carbocycles. The number of carbonyl (C=O) groups excluding carboxylic acids is 3. The molecule has 3 N–H and O–H groups in total. The van der Waals surface area contributed by atoms with Gasteiger partial charge in [-0.15, -0.1) is 0 Å². The van der Waals surface area contributed by atoms with E-state index in [4.69, 9.17) is 4.74 Å². The van der Waals surface area contributed by atoms with Gasteiger partial charge in [0.1, 0.15) is 18.3 Å². The quantitative estimate of drug-likeness (QED) is 0.522. The Morgan fingerprint density at radius 2 is 1.90 bits per heavy atom. The van der Waals surface area contributed by atoms with Gasteiger partial charge in [0.05, 0.1) is 7.11 Å². The highest BCUT2D eigenvalue weighted by atomic mass is 16.5. The van der Waals surface area contributed by atoms with Crippen LogP contribution in [0.4, 0.5) is 4.79 Å². The van der Waals surface area contributed by atoms with Crippen LogP contribution in [-0.4, -0.2) is 47.4 Å². The molecule has 0 spiro atoms. The van der Waals surface area contributed by atoms with Gasteiger partial charge in [0, 0.05) is 30.1 Å². The van der Waals surface area contributed by atoms with Crippen molar-refractivity contribution in [1.29, 1.82) is 0 Å². The van der Waals surface area contributed by atoms with Crippen molar-refractivity contribution in [2.24, 2.45) is 0 Å². The molecule has 154 valence electrons. The van der Waals surface area contributed by atoms with Gasteiger partial charge >= 0.3 is 6.03 Å². The minimum Gasteiger partial charge on any atom is -0.497 e. The lowest BCUT2D eigenvalue weighted by atomic mass is 10.1. The van der Waals surface area contributed by atoms with E-state index in [9.17, 15) is 14.4 Å². The monoisotopic (exact) mass is 406 g/mol. The zero-order valence-electron chi connectivity index (χ0n) is 16.5. The first-order valence-electron chi connectivity index (χ1n) is 9.61. The lowest BCUT2D eigenvalue weighted by Crippen LogP contribution is -2.41. The van der Waals surface area contributed by atoms with Gasteiger partial charge in [0.25, 0.3) is 5.91 Å². The van der Waals surface area contributed by atoms with Crippen LogP contribution < -0.4 is 15.4 Å². The summed E-state index contributed by atoms with van der Waals surface area (Å²) in [5.41, 5.74) is 2.80. The summed E-state index contributed by atoms with van der Waals surface area (Å²) in [6.45, 7) is -0.0174. The molecule has 30 heavy (non-hydrogen) atoms. The fourth-order valence-corrected chi connectivity index (χ4v) is 3.53. The second-order valence-electron chi connectivity index (χ2n) is 7.11. The van der Waals surface area contributed by atoms with Gasteiger partial charge in [0.15, 0.2) is 0 Å². The van der Waals surface area contributed by atoms with E-state index >= 15 is 0 Å². The number of methoxy groups -OCH3 is 1. The van der Waals surface area contributed by atoms with Crippen LogP contribution in [0, 0.1) is 0 Å². The maximum atomic E-state index is 12.7. The number of para-hydroxylation sites is 1. The first kappa shape index (κ1) is 19.5. The van der Waals surface area contributed by atoms with Gasteiger partial charge in [-0.2, -0.15) is 0 Å². The molecule has 2 heterocycles. The SMILES string of the molecule is COc1ccc(CNC(=O)CN2C(=O)N[C@H](Cc3c[nH]c4ccccc34)C2=O)cc1. The summed E-state index contributed by atoms with van der Waals surface area (Å²) in [6, 6.07) is 13.8. The molecule has 1 fully saturated rings. The Balaban J connectivity index is 1.34. The largest absolute Gasteiger partial charge is 0.497 e. The standard InChI is InChI=1S/C22H22N4O4/c1-30-16-8-6-14(7-9-16)11-24-20(27)13-26-21(28)19(25-22(26)29)10-15-12-23-18-5-3-2-4-17(15)18/h2-9,12,19,23H,10-11,13H2,1H3,(H,24,27)(H,25,29)/t19-/m1/s1. The summed E-state index contributed by atoms with van der Waals surface area (Å²) in [5.74, 6) is -0.0717. The van der Waals surface area contributed by atoms with Crippen molar-refractivity contribution in [2.75, 3.05) is 13.7 Å². The van der Waals surface area contributed by atoms with Crippen molar-refractivity contribution in [1.82, 2.24) is 20.5 Å². The molecule has 3 aromatic rings. The van der Waals surface area contributed by atoms with E-state index in [1.807, 2.05) is 42.6 Å². The molecule has 4 amide bonds. The smallest absolute Gasteiger partial charge is 0.325 e. The summed E-state index contributed by atoms with van der Waals surface area (Å²) >= 11 is 0. The van der Waals surface area contributed by atoms with Crippen molar-refractivity contribution >= 4 is 28.7 Å².